The first kappa shape index (κ1) is 13.6. The molecule has 4 heteroatoms. The molecule has 2 atom stereocenters. The van der Waals surface area contributed by atoms with Crippen molar-refractivity contribution in [3.8, 4) is 0 Å². The van der Waals surface area contributed by atoms with Crippen LogP contribution >= 0.6 is 11.8 Å². The minimum atomic E-state index is -0.811. The van der Waals surface area contributed by atoms with Gasteiger partial charge in [0.15, 0.2) is 11.6 Å². The van der Waals surface area contributed by atoms with E-state index in [1.165, 1.54) is 10.5 Å². The van der Waals surface area contributed by atoms with Gasteiger partial charge in [0.1, 0.15) is 0 Å². The second-order valence-corrected chi connectivity index (χ2v) is 6.37. The lowest BCUT2D eigenvalue weighted by Gasteiger charge is -2.19. The number of aryl methyl sites for hydroxylation is 1. The summed E-state index contributed by atoms with van der Waals surface area (Å²) >= 11 is 1.64. The van der Waals surface area contributed by atoms with Crippen molar-refractivity contribution in [2.24, 2.45) is 5.73 Å². The van der Waals surface area contributed by atoms with Crippen LogP contribution in [0.25, 0.3) is 0 Å². The molecule has 0 saturated carbocycles. The number of rotatable bonds is 2. The number of thioether (sulfide) groups is 1. The highest BCUT2D eigenvalue weighted by Crippen LogP contribution is 2.42. The first-order valence-corrected chi connectivity index (χ1v) is 7.40. The average Bonchev–Trinajstić information content (AvgIpc) is 2.88. The van der Waals surface area contributed by atoms with Gasteiger partial charge in [-0.2, -0.15) is 0 Å². The fourth-order valence-electron chi connectivity index (χ4n) is 2.53. The van der Waals surface area contributed by atoms with E-state index in [1.807, 2.05) is 18.2 Å². The number of nitrogens with two attached hydrogens (primary N) is 1. The van der Waals surface area contributed by atoms with Gasteiger partial charge in [-0.3, -0.25) is 0 Å². The van der Waals surface area contributed by atoms with Gasteiger partial charge in [-0.1, -0.05) is 30.3 Å². The van der Waals surface area contributed by atoms with Crippen LogP contribution in [-0.4, -0.2) is 5.25 Å². The highest BCUT2D eigenvalue weighted by molar-refractivity contribution is 8.00. The standard InChI is InChI=1S/C16H15F2NS/c1-9-6-7-11(15(18)14(9)17)16(19)13-8-10-4-2-3-5-12(10)20-13/h2-7,13,16H,8,19H2,1H3. The lowest BCUT2D eigenvalue weighted by molar-refractivity contribution is 0.481. The lowest BCUT2D eigenvalue weighted by Crippen LogP contribution is -2.25. The Morgan fingerprint density at radius 1 is 1.15 bits per heavy atom. The highest BCUT2D eigenvalue weighted by Gasteiger charge is 2.30. The molecule has 0 amide bonds. The molecule has 104 valence electrons. The molecular formula is C16H15F2NS. The third-order valence-corrected chi connectivity index (χ3v) is 5.15. The summed E-state index contributed by atoms with van der Waals surface area (Å²) in [5.74, 6) is -1.60. The van der Waals surface area contributed by atoms with Crippen molar-refractivity contribution in [2.75, 3.05) is 0 Å². The smallest absolute Gasteiger partial charge is 0.163 e. The molecule has 1 aliphatic heterocycles. The number of fused-ring (bicyclic) bond motifs is 1. The van der Waals surface area contributed by atoms with Gasteiger partial charge in [-0.25, -0.2) is 8.78 Å². The molecule has 2 aromatic rings. The monoisotopic (exact) mass is 291 g/mol. The zero-order chi connectivity index (χ0) is 14.3. The van der Waals surface area contributed by atoms with E-state index in [9.17, 15) is 8.78 Å². The van der Waals surface area contributed by atoms with Crippen molar-refractivity contribution < 1.29 is 8.78 Å². The summed E-state index contributed by atoms with van der Waals surface area (Å²) in [6, 6.07) is 10.7. The van der Waals surface area contributed by atoms with Crippen LogP contribution in [0.4, 0.5) is 8.78 Å². The number of benzene rings is 2. The first-order chi connectivity index (χ1) is 9.58. The Kier molecular flexibility index (Phi) is 3.52. The third kappa shape index (κ3) is 2.23. The Labute approximate surface area is 121 Å². The van der Waals surface area contributed by atoms with Crippen LogP contribution in [-0.2, 0) is 6.42 Å². The van der Waals surface area contributed by atoms with E-state index >= 15 is 0 Å². The van der Waals surface area contributed by atoms with Crippen molar-refractivity contribution in [1.29, 1.82) is 0 Å². The van der Waals surface area contributed by atoms with Gasteiger partial charge in [0, 0.05) is 21.8 Å². The summed E-state index contributed by atoms with van der Waals surface area (Å²) in [6.45, 7) is 1.55. The van der Waals surface area contributed by atoms with Crippen LogP contribution < -0.4 is 5.73 Å². The molecule has 20 heavy (non-hydrogen) atoms. The minimum absolute atomic E-state index is 0.0454. The molecule has 1 aliphatic rings. The van der Waals surface area contributed by atoms with Gasteiger partial charge in [-0.05, 0) is 30.5 Å². The molecule has 1 heterocycles. The van der Waals surface area contributed by atoms with Crippen molar-refractivity contribution >= 4 is 11.8 Å². The van der Waals surface area contributed by atoms with Gasteiger partial charge >= 0.3 is 0 Å². The van der Waals surface area contributed by atoms with Crippen molar-refractivity contribution in [2.45, 2.75) is 29.5 Å². The number of hydrogen-bond donors (Lipinski definition) is 1. The quantitative estimate of drug-likeness (QED) is 0.905. The maximum Gasteiger partial charge on any atom is 0.163 e. The third-order valence-electron chi connectivity index (χ3n) is 3.74. The molecule has 0 aliphatic carbocycles. The van der Waals surface area contributed by atoms with Gasteiger partial charge < -0.3 is 5.73 Å². The van der Waals surface area contributed by atoms with Crippen LogP contribution in [0.1, 0.15) is 22.7 Å². The molecular weight excluding hydrogens is 276 g/mol. The Hall–Kier alpha value is -1.39. The maximum absolute atomic E-state index is 14.0. The molecule has 0 bridgehead atoms. The summed E-state index contributed by atoms with van der Waals surface area (Å²) in [5.41, 5.74) is 7.97. The SMILES string of the molecule is Cc1ccc(C(N)C2Cc3ccccc3S2)c(F)c1F. The Morgan fingerprint density at radius 3 is 2.65 bits per heavy atom. The maximum atomic E-state index is 14.0. The Bertz CT molecular complexity index is 632. The molecule has 1 nitrogen and oxygen atoms in total. The summed E-state index contributed by atoms with van der Waals surface area (Å²) in [7, 11) is 0. The largest absolute Gasteiger partial charge is 0.323 e. The van der Waals surface area contributed by atoms with Crippen LogP contribution in [0.3, 0.4) is 0 Å². The molecule has 0 aromatic heterocycles. The summed E-state index contributed by atoms with van der Waals surface area (Å²) in [5, 5.41) is 0.0454. The topological polar surface area (TPSA) is 26.0 Å². The van der Waals surface area contributed by atoms with E-state index in [4.69, 9.17) is 5.73 Å². The van der Waals surface area contributed by atoms with Gasteiger partial charge in [0.2, 0.25) is 0 Å². The fraction of sp³-hybridized carbons (Fsp3) is 0.250. The van der Waals surface area contributed by atoms with Crippen LogP contribution in [0, 0.1) is 18.6 Å². The molecule has 2 unspecified atom stereocenters. The molecule has 2 N–H and O–H groups in total. The molecule has 0 spiro atoms. The summed E-state index contributed by atoms with van der Waals surface area (Å²) < 4.78 is 27.7. The minimum Gasteiger partial charge on any atom is -0.323 e. The summed E-state index contributed by atoms with van der Waals surface area (Å²) in [6.07, 6.45) is 0.789. The second kappa shape index (κ2) is 5.19. The molecule has 0 radical (unpaired) electrons. The van der Waals surface area contributed by atoms with Crippen LogP contribution in [0.2, 0.25) is 0 Å². The van der Waals surface area contributed by atoms with Gasteiger partial charge in [0.25, 0.3) is 0 Å². The van der Waals surface area contributed by atoms with E-state index < -0.39 is 17.7 Å². The Balaban J connectivity index is 1.88. The van der Waals surface area contributed by atoms with Crippen molar-refractivity contribution in [3.63, 3.8) is 0 Å². The second-order valence-electron chi connectivity index (χ2n) is 5.09. The summed E-state index contributed by atoms with van der Waals surface area (Å²) in [4.78, 5) is 1.18. The highest BCUT2D eigenvalue weighted by atomic mass is 32.2. The van der Waals surface area contributed by atoms with E-state index in [0.29, 0.717) is 5.56 Å². The molecule has 0 fully saturated rings. The normalized spacial score (nSPS) is 18.9. The van der Waals surface area contributed by atoms with E-state index in [0.717, 1.165) is 6.42 Å². The van der Waals surface area contributed by atoms with E-state index in [2.05, 4.69) is 6.07 Å². The molecule has 2 aromatic carbocycles. The van der Waals surface area contributed by atoms with E-state index in [1.54, 1.807) is 30.8 Å². The number of halogens is 2. The molecule has 0 saturated heterocycles. The fourth-order valence-corrected chi connectivity index (χ4v) is 3.87. The number of hydrogen-bond acceptors (Lipinski definition) is 2. The predicted molar refractivity (Wildman–Crippen MR) is 77.8 cm³/mol. The zero-order valence-corrected chi connectivity index (χ0v) is 11.9. The first-order valence-electron chi connectivity index (χ1n) is 6.52. The van der Waals surface area contributed by atoms with Crippen molar-refractivity contribution in [1.82, 2.24) is 0 Å². The lowest BCUT2D eigenvalue weighted by atomic mass is 9.98. The zero-order valence-electron chi connectivity index (χ0n) is 11.1. The molecule has 3 rings (SSSR count). The predicted octanol–water partition coefficient (Wildman–Crippen LogP) is 3.99. The Morgan fingerprint density at radius 2 is 1.90 bits per heavy atom. The van der Waals surface area contributed by atoms with Crippen molar-refractivity contribution in [3.05, 3.63) is 64.7 Å². The van der Waals surface area contributed by atoms with Gasteiger partial charge in [-0.15, -0.1) is 11.8 Å². The van der Waals surface area contributed by atoms with Crippen LogP contribution in [0.5, 0.6) is 0 Å². The average molecular weight is 291 g/mol. The van der Waals surface area contributed by atoms with Gasteiger partial charge in [0.05, 0.1) is 0 Å². The van der Waals surface area contributed by atoms with E-state index in [-0.39, 0.29) is 10.8 Å². The van der Waals surface area contributed by atoms with Crippen LogP contribution in [0.15, 0.2) is 41.3 Å².